The van der Waals surface area contributed by atoms with Crippen LogP contribution in [0.15, 0.2) is 28.1 Å². The topological polar surface area (TPSA) is 70.6 Å². The highest BCUT2D eigenvalue weighted by Crippen LogP contribution is 2.28. The molecular formula is C20H33N3O2S. The lowest BCUT2D eigenvalue weighted by Crippen LogP contribution is -2.37. The minimum Gasteiger partial charge on any atom is -0.356 e. The molecule has 0 spiro atoms. The third-order valence-corrected chi connectivity index (χ3v) is 6.39. The highest BCUT2D eigenvalue weighted by atomic mass is 32.2. The zero-order chi connectivity index (χ0) is 19.0. The van der Waals surface area contributed by atoms with E-state index in [1.165, 1.54) is 51.2 Å². The average molecular weight is 380 g/mol. The molecule has 26 heavy (non-hydrogen) atoms. The maximum atomic E-state index is 11.7. The largest absolute Gasteiger partial charge is 0.356 e. The summed E-state index contributed by atoms with van der Waals surface area (Å²) < 4.78 is 23.4. The Morgan fingerprint density at radius 2 is 1.92 bits per heavy atom. The first-order chi connectivity index (χ1) is 12.4. The molecule has 1 aliphatic carbocycles. The molecule has 6 heteroatoms. The number of rotatable bonds is 8. The zero-order valence-electron chi connectivity index (χ0n) is 16.3. The molecule has 1 fully saturated rings. The zero-order valence-corrected chi connectivity index (χ0v) is 17.2. The number of aryl methyl sites for hydroxylation is 1. The molecule has 0 atom stereocenters. The lowest BCUT2D eigenvalue weighted by molar-refractivity contribution is 0.472. The van der Waals surface area contributed by atoms with Gasteiger partial charge in [-0.25, -0.2) is 8.42 Å². The van der Waals surface area contributed by atoms with Gasteiger partial charge < -0.3 is 10.6 Å². The van der Waals surface area contributed by atoms with Crippen molar-refractivity contribution < 1.29 is 8.42 Å². The van der Waals surface area contributed by atoms with Gasteiger partial charge in [0, 0.05) is 26.4 Å². The van der Waals surface area contributed by atoms with E-state index in [9.17, 15) is 8.42 Å². The molecule has 1 aromatic carbocycles. The number of unbranched alkanes of at least 4 members (excludes halogenated alkanes) is 1. The van der Waals surface area contributed by atoms with Gasteiger partial charge in [0.25, 0.3) is 0 Å². The predicted octanol–water partition coefficient (Wildman–Crippen LogP) is 3.42. The summed E-state index contributed by atoms with van der Waals surface area (Å²) in [5.41, 5.74) is 1.82. The summed E-state index contributed by atoms with van der Waals surface area (Å²) in [5, 5.41) is 6.65. The first-order valence-electron chi connectivity index (χ1n) is 9.64. The molecule has 1 saturated carbocycles. The molecule has 5 nitrogen and oxygen atoms in total. The smallest absolute Gasteiger partial charge is 0.191 e. The Morgan fingerprint density at radius 3 is 2.54 bits per heavy atom. The maximum absolute atomic E-state index is 11.7. The first-order valence-corrected chi connectivity index (χ1v) is 11.5. The lowest BCUT2D eigenvalue weighted by atomic mass is 10.0. The minimum atomic E-state index is -3.17. The van der Waals surface area contributed by atoms with Crippen molar-refractivity contribution in [2.24, 2.45) is 10.9 Å². The summed E-state index contributed by atoms with van der Waals surface area (Å²) >= 11 is 0. The van der Waals surface area contributed by atoms with Crippen LogP contribution >= 0.6 is 0 Å². The predicted molar refractivity (Wildman–Crippen MR) is 108 cm³/mol. The van der Waals surface area contributed by atoms with E-state index in [0.717, 1.165) is 29.5 Å². The van der Waals surface area contributed by atoms with E-state index in [1.807, 2.05) is 19.1 Å². The number of guanidine groups is 1. The Kier molecular flexibility index (Phi) is 7.94. The van der Waals surface area contributed by atoms with Crippen molar-refractivity contribution in [1.29, 1.82) is 0 Å². The second kappa shape index (κ2) is 9.95. The molecule has 0 unspecified atom stereocenters. The van der Waals surface area contributed by atoms with Crippen LogP contribution < -0.4 is 10.6 Å². The molecule has 0 amide bonds. The van der Waals surface area contributed by atoms with Crippen molar-refractivity contribution >= 4 is 15.8 Å². The molecule has 146 valence electrons. The Morgan fingerprint density at radius 1 is 1.19 bits per heavy atom. The number of nitrogens with one attached hydrogen (secondary N) is 2. The number of nitrogens with zero attached hydrogens (tertiary/aromatic N) is 1. The molecule has 0 radical (unpaired) electrons. The molecule has 1 aliphatic rings. The number of hydrogen-bond acceptors (Lipinski definition) is 3. The van der Waals surface area contributed by atoms with Crippen LogP contribution in [0.25, 0.3) is 0 Å². The van der Waals surface area contributed by atoms with Crippen LogP contribution in [-0.4, -0.2) is 34.2 Å². The fourth-order valence-electron chi connectivity index (χ4n) is 3.71. The fraction of sp³-hybridized carbons (Fsp3) is 0.650. The van der Waals surface area contributed by atoms with Crippen LogP contribution in [-0.2, 0) is 16.4 Å². The summed E-state index contributed by atoms with van der Waals surface area (Å²) in [6, 6.07) is 5.45. The van der Waals surface area contributed by atoms with Crippen molar-refractivity contribution in [2.75, 3.05) is 19.8 Å². The Balaban J connectivity index is 1.72. The second-order valence-electron chi connectivity index (χ2n) is 7.37. The van der Waals surface area contributed by atoms with Gasteiger partial charge in [-0.1, -0.05) is 50.7 Å². The van der Waals surface area contributed by atoms with Crippen LogP contribution in [0.2, 0.25) is 0 Å². The van der Waals surface area contributed by atoms with Gasteiger partial charge >= 0.3 is 0 Å². The van der Waals surface area contributed by atoms with Gasteiger partial charge in [-0.3, -0.25) is 4.99 Å². The standard InChI is InChI=1S/C20H33N3O2S/c1-16-14-18(11-12-19(16)26(3,24)25)15-23-20(21-2)22-13-7-6-10-17-8-4-5-9-17/h11-12,14,17H,4-10,13,15H2,1-3H3,(H2,21,22,23). The summed E-state index contributed by atoms with van der Waals surface area (Å²) in [5.74, 6) is 1.75. The number of hydrogen-bond donors (Lipinski definition) is 2. The molecule has 0 saturated heterocycles. The summed E-state index contributed by atoms with van der Waals surface area (Å²) in [6.45, 7) is 3.38. The molecule has 0 aliphatic heterocycles. The van der Waals surface area contributed by atoms with E-state index in [2.05, 4.69) is 15.6 Å². The van der Waals surface area contributed by atoms with Crippen molar-refractivity contribution in [1.82, 2.24) is 10.6 Å². The third kappa shape index (κ3) is 6.63. The molecule has 0 bridgehead atoms. The SMILES string of the molecule is CN=C(NCCCCC1CCCC1)NCc1ccc(S(C)(=O)=O)c(C)c1. The van der Waals surface area contributed by atoms with Gasteiger partial charge in [-0.05, 0) is 36.5 Å². The van der Waals surface area contributed by atoms with Crippen LogP contribution in [0, 0.1) is 12.8 Å². The molecular weight excluding hydrogens is 346 g/mol. The van der Waals surface area contributed by atoms with Crippen LogP contribution in [0.1, 0.15) is 56.1 Å². The molecule has 2 N–H and O–H groups in total. The van der Waals surface area contributed by atoms with Gasteiger partial charge in [0.1, 0.15) is 0 Å². The van der Waals surface area contributed by atoms with E-state index in [1.54, 1.807) is 13.1 Å². The summed E-state index contributed by atoms with van der Waals surface area (Å²) in [6.07, 6.45) is 10.7. The third-order valence-electron chi connectivity index (χ3n) is 5.13. The first kappa shape index (κ1) is 20.7. The fourth-order valence-corrected chi connectivity index (χ4v) is 4.67. The quantitative estimate of drug-likeness (QED) is 0.412. The van der Waals surface area contributed by atoms with E-state index in [-0.39, 0.29) is 0 Å². The van der Waals surface area contributed by atoms with E-state index >= 15 is 0 Å². The second-order valence-corrected chi connectivity index (χ2v) is 9.35. The highest BCUT2D eigenvalue weighted by Gasteiger charge is 2.14. The Hall–Kier alpha value is -1.56. The average Bonchev–Trinajstić information content (AvgIpc) is 3.09. The van der Waals surface area contributed by atoms with Crippen molar-refractivity contribution in [2.45, 2.75) is 63.3 Å². The van der Waals surface area contributed by atoms with E-state index < -0.39 is 9.84 Å². The minimum absolute atomic E-state index is 0.394. The van der Waals surface area contributed by atoms with Gasteiger partial charge in [0.2, 0.25) is 0 Å². The van der Waals surface area contributed by atoms with E-state index in [4.69, 9.17) is 0 Å². The molecule has 2 rings (SSSR count). The molecule has 0 aromatic heterocycles. The Labute approximate surface area is 158 Å². The lowest BCUT2D eigenvalue weighted by Gasteiger charge is -2.13. The van der Waals surface area contributed by atoms with Crippen molar-refractivity contribution in [3.05, 3.63) is 29.3 Å². The van der Waals surface area contributed by atoms with Gasteiger partial charge in [0.15, 0.2) is 15.8 Å². The monoisotopic (exact) mass is 379 g/mol. The van der Waals surface area contributed by atoms with Crippen LogP contribution in [0.5, 0.6) is 0 Å². The van der Waals surface area contributed by atoms with Gasteiger partial charge in [0.05, 0.1) is 4.90 Å². The maximum Gasteiger partial charge on any atom is 0.191 e. The summed E-state index contributed by atoms with van der Waals surface area (Å²) in [4.78, 5) is 4.65. The number of aliphatic imine (C=N–C) groups is 1. The normalized spacial score (nSPS) is 16.0. The molecule has 1 aromatic rings. The van der Waals surface area contributed by atoms with Crippen molar-refractivity contribution in [3.63, 3.8) is 0 Å². The highest BCUT2D eigenvalue weighted by molar-refractivity contribution is 7.90. The van der Waals surface area contributed by atoms with Crippen LogP contribution in [0.4, 0.5) is 0 Å². The van der Waals surface area contributed by atoms with Gasteiger partial charge in [-0.2, -0.15) is 0 Å². The number of benzene rings is 1. The summed E-state index contributed by atoms with van der Waals surface area (Å²) in [7, 11) is -1.40. The number of sulfone groups is 1. The van der Waals surface area contributed by atoms with E-state index in [0.29, 0.717) is 11.4 Å². The van der Waals surface area contributed by atoms with Gasteiger partial charge in [-0.15, -0.1) is 0 Å². The molecule has 0 heterocycles. The Bertz CT molecular complexity index is 708. The van der Waals surface area contributed by atoms with Crippen LogP contribution in [0.3, 0.4) is 0 Å². The van der Waals surface area contributed by atoms with Crippen molar-refractivity contribution in [3.8, 4) is 0 Å².